The number of carbonyl (C=O) groups is 2. The van der Waals surface area contributed by atoms with E-state index in [1.54, 1.807) is 6.92 Å². The normalized spacial score (nSPS) is 18.7. The summed E-state index contributed by atoms with van der Waals surface area (Å²) in [5.41, 5.74) is 5.83. The smallest absolute Gasteiger partial charge is 0.333 e. The number of ether oxygens (including phenoxy) is 1. The van der Waals surface area contributed by atoms with Crippen LogP contribution in [0.4, 0.5) is 0 Å². The monoisotopic (exact) mass is 254 g/mol. The summed E-state index contributed by atoms with van der Waals surface area (Å²) in [5, 5.41) is 0. The topological polar surface area (TPSA) is 72.6 Å². The number of piperidine rings is 1. The summed E-state index contributed by atoms with van der Waals surface area (Å²) in [6, 6.07) is 0. The highest BCUT2D eigenvalue weighted by atomic mass is 16.5. The zero-order chi connectivity index (χ0) is 13.5. The van der Waals surface area contributed by atoms with Crippen LogP contribution in [0.1, 0.15) is 26.2 Å². The van der Waals surface area contributed by atoms with Crippen molar-refractivity contribution in [2.24, 2.45) is 11.7 Å². The van der Waals surface area contributed by atoms with Gasteiger partial charge in [0.25, 0.3) is 0 Å². The molecule has 0 aromatic rings. The second-order valence-electron chi connectivity index (χ2n) is 4.79. The molecule has 102 valence electrons. The van der Waals surface area contributed by atoms with Crippen LogP contribution in [0.3, 0.4) is 0 Å². The molecule has 1 fully saturated rings. The number of hydrogen-bond donors (Lipinski definition) is 1. The number of primary amides is 1. The number of rotatable bonds is 5. The van der Waals surface area contributed by atoms with Gasteiger partial charge in [-0.2, -0.15) is 0 Å². The lowest BCUT2D eigenvalue weighted by molar-refractivity contribution is -0.136. The van der Waals surface area contributed by atoms with E-state index in [-0.39, 0.29) is 11.9 Å². The van der Waals surface area contributed by atoms with Gasteiger partial charge in [0.2, 0.25) is 5.91 Å². The van der Waals surface area contributed by atoms with Gasteiger partial charge in [-0.15, -0.1) is 0 Å². The van der Waals surface area contributed by atoms with Crippen molar-refractivity contribution in [1.82, 2.24) is 4.90 Å². The Labute approximate surface area is 108 Å². The van der Waals surface area contributed by atoms with Crippen molar-refractivity contribution in [3.63, 3.8) is 0 Å². The van der Waals surface area contributed by atoms with Crippen LogP contribution in [0.15, 0.2) is 11.6 Å². The van der Waals surface area contributed by atoms with Crippen molar-refractivity contribution >= 4 is 11.9 Å². The van der Waals surface area contributed by atoms with Crippen LogP contribution in [0.5, 0.6) is 0 Å². The molecule has 1 amide bonds. The third kappa shape index (κ3) is 4.87. The first-order valence-electron chi connectivity index (χ1n) is 6.28. The standard InChI is InChI=1S/C13H22N2O3/c1-10(13(17)18-2)3-6-15-7-4-11(5-8-15)9-12(14)16/h3,11H,4-9H2,1-2H3,(H2,14,16). The predicted octanol–water partition coefficient (Wildman–Crippen LogP) is 0.693. The average Bonchev–Trinajstić information content (AvgIpc) is 2.36. The quantitative estimate of drug-likeness (QED) is 0.579. The first kappa shape index (κ1) is 14.7. The number of hydrogen-bond acceptors (Lipinski definition) is 4. The van der Waals surface area contributed by atoms with Gasteiger partial charge in [0, 0.05) is 18.5 Å². The fourth-order valence-electron chi connectivity index (χ4n) is 2.17. The molecule has 0 radical (unpaired) electrons. The van der Waals surface area contributed by atoms with E-state index in [1.165, 1.54) is 7.11 Å². The Balaban J connectivity index is 2.31. The number of methoxy groups -OCH3 is 1. The molecule has 1 aliphatic rings. The van der Waals surface area contributed by atoms with Gasteiger partial charge in [-0.25, -0.2) is 4.79 Å². The highest BCUT2D eigenvalue weighted by Gasteiger charge is 2.20. The summed E-state index contributed by atoms with van der Waals surface area (Å²) in [6.45, 7) is 4.40. The average molecular weight is 254 g/mol. The number of amides is 1. The van der Waals surface area contributed by atoms with E-state index in [0.717, 1.165) is 32.5 Å². The highest BCUT2D eigenvalue weighted by molar-refractivity contribution is 5.87. The first-order valence-corrected chi connectivity index (χ1v) is 6.28. The summed E-state index contributed by atoms with van der Waals surface area (Å²) in [4.78, 5) is 24.3. The molecule has 0 aliphatic carbocycles. The van der Waals surface area contributed by atoms with E-state index in [1.807, 2.05) is 6.08 Å². The van der Waals surface area contributed by atoms with Crippen molar-refractivity contribution in [2.75, 3.05) is 26.7 Å². The Kier molecular flexibility index (Phi) is 5.85. The highest BCUT2D eigenvalue weighted by Crippen LogP contribution is 2.20. The van der Waals surface area contributed by atoms with Crippen LogP contribution in [-0.4, -0.2) is 43.5 Å². The maximum Gasteiger partial charge on any atom is 0.333 e. The fraction of sp³-hybridized carbons (Fsp3) is 0.692. The molecule has 0 spiro atoms. The summed E-state index contributed by atoms with van der Waals surface area (Å²) in [6.07, 6.45) is 4.37. The zero-order valence-electron chi connectivity index (χ0n) is 11.1. The van der Waals surface area contributed by atoms with E-state index in [4.69, 9.17) is 5.73 Å². The number of esters is 1. The van der Waals surface area contributed by atoms with Crippen molar-refractivity contribution in [2.45, 2.75) is 26.2 Å². The number of carbonyl (C=O) groups excluding carboxylic acids is 2. The minimum atomic E-state index is -0.279. The Bertz CT molecular complexity index is 331. The molecule has 0 saturated carbocycles. The predicted molar refractivity (Wildman–Crippen MR) is 68.7 cm³/mol. The Hall–Kier alpha value is -1.36. The summed E-state index contributed by atoms with van der Waals surface area (Å²) in [5.74, 6) is -0.0714. The van der Waals surface area contributed by atoms with E-state index in [9.17, 15) is 9.59 Å². The van der Waals surface area contributed by atoms with E-state index < -0.39 is 0 Å². The molecule has 1 aliphatic heterocycles. The lowest BCUT2D eigenvalue weighted by Gasteiger charge is -2.30. The second kappa shape index (κ2) is 7.16. The van der Waals surface area contributed by atoms with Crippen LogP contribution >= 0.6 is 0 Å². The second-order valence-corrected chi connectivity index (χ2v) is 4.79. The fourth-order valence-corrected chi connectivity index (χ4v) is 2.17. The molecular weight excluding hydrogens is 232 g/mol. The summed E-state index contributed by atoms with van der Waals surface area (Å²) < 4.78 is 4.64. The molecule has 1 saturated heterocycles. The van der Waals surface area contributed by atoms with Crippen molar-refractivity contribution < 1.29 is 14.3 Å². The maximum atomic E-state index is 11.2. The number of likely N-dealkylation sites (tertiary alicyclic amines) is 1. The largest absolute Gasteiger partial charge is 0.466 e. The first-order chi connectivity index (χ1) is 8.52. The molecule has 0 aromatic heterocycles. The van der Waals surface area contributed by atoms with Gasteiger partial charge in [0.15, 0.2) is 0 Å². The van der Waals surface area contributed by atoms with E-state index >= 15 is 0 Å². The summed E-state index contributed by atoms with van der Waals surface area (Å²) >= 11 is 0. The van der Waals surface area contributed by atoms with Gasteiger partial charge in [-0.1, -0.05) is 6.08 Å². The molecule has 0 atom stereocenters. The van der Waals surface area contributed by atoms with E-state index in [0.29, 0.717) is 17.9 Å². The SMILES string of the molecule is COC(=O)C(C)=CCN1CCC(CC(N)=O)CC1. The molecule has 18 heavy (non-hydrogen) atoms. The third-order valence-corrected chi connectivity index (χ3v) is 3.36. The van der Waals surface area contributed by atoms with E-state index in [2.05, 4.69) is 9.64 Å². The Morgan fingerprint density at radius 2 is 2.00 bits per heavy atom. The van der Waals surface area contributed by atoms with Gasteiger partial charge in [0.1, 0.15) is 0 Å². The van der Waals surface area contributed by atoms with Crippen molar-refractivity contribution in [3.05, 3.63) is 11.6 Å². The minimum absolute atomic E-state index is 0.213. The Morgan fingerprint density at radius 3 is 2.50 bits per heavy atom. The lowest BCUT2D eigenvalue weighted by Crippen LogP contribution is -2.35. The van der Waals surface area contributed by atoms with Crippen molar-refractivity contribution in [1.29, 1.82) is 0 Å². The Morgan fingerprint density at radius 1 is 1.39 bits per heavy atom. The van der Waals surface area contributed by atoms with Gasteiger partial charge in [-0.3, -0.25) is 9.69 Å². The van der Waals surface area contributed by atoms with Crippen LogP contribution < -0.4 is 5.73 Å². The summed E-state index contributed by atoms with van der Waals surface area (Å²) in [7, 11) is 1.38. The molecule has 2 N–H and O–H groups in total. The number of nitrogens with two attached hydrogens (primary N) is 1. The maximum absolute atomic E-state index is 11.2. The minimum Gasteiger partial charge on any atom is -0.466 e. The number of nitrogens with zero attached hydrogens (tertiary/aromatic N) is 1. The van der Waals surface area contributed by atoms with Gasteiger partial charge >= 0.3 is 5.97 Å². The van der Waals surface area contributed by atoms with Crippen LogP contribution in [0, 0.1) is 5.92 Å². The van der Waals surface area contributed by atoms with Crippen molar-refractivity contribution in [3.8, 4) is 0 Å². The van der Waals surface area contributed by atoms with Gasteiger partial charge in [-0.05, 0) is 38.8 Å². The molecule has 5 nitrogen and oxygen atoms in total. The van der Waals surface area contributed by atoms with Crippen LogP contribution in [0.2, 0.25) is 0 Å². The molecule has 5 heteroatoms. The molecule has 0 bridgehead atoms. The zero-order valence-corrected chi connectivity index (χ0v) is 11.1. The lowest BCUT2D eigenvalue weighted by atomic mass is 9.93. The molecule has 0 aromatic carbocycles. The van der Waals surface area contributed by atoms with Gasteiger partial charge in [0.05, 0.1) is 7.11 Å². The molecular formula is C13H22N2O3. The van der Waals surface area contributed by atoms with Crippen LogP contribution in [-0.2, 0) is 14.3 Å². The molecule has 1 heterocycles. The molecule has 0 unspecified atom stereocenters. The van der Waals surface area contributed by atoms with Crippen LogP contribution in [0.25, 0.3) is 0 Å². The molecule has 1 rings (SSSR count). The van der Waals surface area contributed by atoms with Gasteiger partial charge < -0.3 is 10.5 Å². The third-order valence-electron chi connectivity index (χ3n) is 3.36.